The molecule has 0 fully saturated rings. The van der Waals surface area contributed by atoms with Crippen molar-refractivity contribution in [1.29, 1.82) is 0 Å². The molecule has 0 saturated heterocycles. The third-order valence-electron chi connectivity index (χ3n) is 1.51. The van der Waals surface area contributed by atoms with E-state index in [1.807, 2.05) is 14.0 Å². The molecule has 0 aliphatic carbocycles. The summed E-state index contributed by atoms with van der Waals surface area (Å²) in [6.07, 6.45) is 4.55. The maximum absolute atomic E-state index is 4.19. The first-order valence-electron chi connectivity index (χ1n) is 3.31. The van der Waals surface area contributed by atoms with Gasteiger partial charge >= 0.3 is 0 Å². The molecule has 5 heteroatoms. The second-order valence-electron chi connectivity index (χ2n) is 2.39. The summed E-state index contributed by atoms with van der Waals surface area (Å²) in [4.78, 5) is 8.12. The van der Waals surface area contributed by atoms with E-state index in [0.29, 0.717) is 0 Å². The summed E-state index contributed by atoms with van der Waals surface area (Å²) in [6, 6.07) is 0. The Hall–Kier alpha value is -0.346. The SMILES string of the molecule is Cc1n[c-]c2cnn(C)c2n1.[Y]. The molecule has 4 nitrogen and oxygen atoms in total. The minimum Gasteiger partial charge on any atom is -0.338 e. The minimum atomic E-state index is 0. The van der Waals surface area contributed by atoms with Crippen LogP contribution >= 0.6 is 0 Å². The first kappa shape index (κ1) is 9.74. The fourth-order valence-corrected chi connectivity index (χ4v) is 0.962. The van der Waals surface area contributed by atoms with Crippen LogP contribution in [0.15, 0.2) is 6.20 Å². The molecule has 0 N–H and O–H groups in total. The number of hydrogen-bond acceptors (Lipinski definition) is 3. The Morgan fingerprint density at radius 1 is 1.50 bits per heavy atom. The predicted octanol–water partition coefficient (Wildman–Crippen LogP) is 0.469. The van der Waals surface area contributed by atoms with Gasteiger partial charge in [-0.05, 0) is 19.3 Å². The topological polar surface area (TPSA) is 43.6 Å². The van der Waals surface area contributed by atoms with Crippen LogP contribution < -0.4 is 0 Å². The molecule has 2 heterocycles. The average molecular weight is 236 g/mol. The summed E-state index contributed by atoms with van der Waals surface area (Å²) in [5.74, 6) is 0.723. The van der Waals surface area contributed by atoms with E-state index in [1.54, 1.807) is 10.9 Å². The number of nitrogens with zero attached hydrogens (tertiary/aromatic N) is 4. The van der Waals surface area contributed by atoms with E-state index < -0.39 is 0 Å². The van der Waals surface area contributed by atoms with Gasteiger partial charge in [0.1, 0.15) is 0 Å². The van der Waals surface area contributed by atoms with Gasteiger partial charge in [0.2, 0.25) is 0 Å². The monoisotopic (exact) mass is 236 g/mol. The summed E-state index contributed by atoms with van der Waals surface area (Å²) in [5, 5.41) is 4.88. The quantitative estimate of drug-likeness (QED) is 0.624. The summed E-state index contributed by atoms with van der Waals surface area (Å²) in [7, 11) is 1.85. The summed E-state index contributed by atoms with van der Waals surface area (Å²) in [6.45, 7) is 1.84. The summed E-state index contributed by atoms with van der Waals surface area (Å²) >= 11 is 0. The molecular weight excluding hydrogens is 229 g/mol. The fraction of sp³-hybridized carbons (Fsp3) is 0.286. The summed E-state index contributed by atoms with van der Waals surface area (Å²) < 4.78 is 1.71. The van der Waals surface area contributed by atoms with E-state index in [0.717, 1.165) is 16.9 Å². The predicted molar refractivity (Wildman–Crippen MR) is 39.9 cm³/mol. The second kappa shape index (κ2) is 3.58. The zero-order chi connectivity index (χ0) is 7.84. The van der Waals surface area contributed by atoms with Crippen molar-refractivity contribution >= 4 is 11.0 Å². The molecular formula is C7H7N4Y-. The van der Waals surface area contributed by atoms with Crippen LogP contribution in [0.4, 0.5) is 0 Å². The van der Waals surface area contributed by atoms with Crippen LogP contribution in [-0.2, 0) is 39.8 Å². The maximum Gasteiger partial charge on any atom is 0.0661 e. The van der Waals surface area contributed by atoms with E-state index >= 15 is 0 Å². The molecule has 0 spiro atoms. The molecule has 0 atom stereocenters. The van der Waals surface area contributed by atoms with Crippen molar-refractivity contribution in [3.63, 3.8) is 0 Å². The molecule has 0 amide bonds. The van der Waals surface area contributed by atoms with Crippen LogP contribution in [0.1, 0.15) is 5.82 Å². The van der Waals surface area contributed by atoms with Crippen molar-refractivity contribution in [3.05, 3.63) is 18.2 Å². The molecule has 0 bridgehead atoms. The Labute approximate surface area is 95.3 Å². The van der Waals surface area contributed by atoms with E-state index in [9.17, 15) is 0 Å². The number of aromatic nitrogens is 4. The molecule has 1 radical (unpaired) electrons. The van der Waals surface area contributed by atoms with Gasteiger partial charge < -0.3 is 14.6 Å². The Balaban J connectivity index is 0.000000720. The number of rotatable bonds is 0. The van der Waals surface area contributed by atoms with Crippen molar-refractivity contribution in [3.8, 4) is 0 Å². The van der Waals surface area contributed by atoms with Crippen molar-refractivity contribution in [2.24, 2.45) is 7.05 Å². The number of fused-ring (bicyclic) bond motifs is 1. The van der Waals surface area contributed by atoms with Gasteiger partial charge in [0.25, 0.3) is 0 Å². The van der Waals surface area contributed by atoms with Gasteiger partial charge in [-0.25, -0.2) is 5.10 Å². The van der Waals surface area contributed by atoms with Gasteiger partial charge in [0, 0.05) is 45.6 Å². The van der Waals surface area contributed by atoms with Crippen molar-refractivity contribution in [2.75, 3.05) is 0 Å². The maximum atomic E-state index is 4.19. The van der Waals surface area contributed by atoms with Crippen molar-refractivity contribution in [1.82, 2.24) is 19.7 Å². The zero-order valence-electron chi connectivity index (χ0n) is 6.94. The van der Waals surface area contributed by atoms with Gasteiger partial charge in [0.05, 0.1) is 5.65 Å². The molecule has 0 aromatic carbocycles. The third-order valence-corrected chi connectivity index (χ3v) is 1.51. The van der Waals surface area contributed by atoms with Crippen LogP contribution in [0.25, 0.3) is 11.0 Å². The molecule has 2 aromatic rings. The van der Waals surface area contributed by atoms with Gasteiger partial charge in [-0.1, -0.05) is 5.39 Å². The second-order valence-corrected chi connectivity index (χ2v) is 2.39. The van der Waals surface area contributed by atoms with Crippen LogP contribution in [0.5, 0.6) is 0 Å². The van der Waals surface area contributed by atoms with Gasteiger partial charge in [-0.3, -0.25) is 0 Å². The third kappa shape index (κ3) is 1.54. The molecule has 0 aliphatic heterocycles. The van der Waals surface area contributed by atoms with Crippen LogP contribution in [0.2, 0.25) is 0 Å². The summed E-state index contributed by atoms with van der Waals surface area (Å²) in [5.41, 5.74) is 0.831. The van der Waals surface area contributed by atoms with Gasteiger partial charge in [-0.2, -0.15) is 0 Å². The van der Waals surface area contributed by atoms with Crippen LogP contribution in [0.3, 0.4) is 0 Å². The molecule has 0 aliphatic rings. The fourth-order valence-electron chi connectivity index (χ4n) is 0.962. The molecule has 2 rings (SSSR count). The van der Waals surface area contributed by atoms with Crippen molar-refractivity contribution < 1.29 is 32.7 Å². The smallest absolute Gasteiger partial charge is 0.0661 e. The first-order valence-corrected chi connectivity index (χ1v) is 3.31. The Bertz CT molecular complexity index is 395. The zero-order valence-corrected chi connectivity index (χ0v) is 9.78. The Morgan fingerprint density at radius 3 is 3.00 bits per heavy atom. The number of aryl methyl sites for hydroxylation is 2. The van der Waals surface area contributed by atoms with E-state index in [1.165, 1.54) is 0 Å². The molecule has 0 saturated carbocycles. The molecule has 2 aromatic heterocycles. The van der Waals surface area contributed by atoms with Gasteiger partial charge in [-0.15, -0.1) is 0 Å². The van der Waals surface area contributed by atoms with Crippen molar-refractivity contribution in [2.45, 2.75) is 6.92 Å². The Morgan fingerprint density at radius 2 is 2.25 bits per heavy atom. The minimum absolute atomic E-state index is 0. The average Bonchev–Trinajstić information content (AvgIpc) is 2.33. The standard InChI is InChI=1S/C7H7N4.Y/c1-5-8-3-6-4-9-11(2)7(6)10-5;/h4H,1-2H3;/q-1;. The molecule has 12 heavy (non-hydrogen) atoms. The molecule has 0 unspecified atom stereocenters. The van der Waals surface area contributed by atoms with E-state index in [-0.39, 0.29) is 32.7 Å². The van der Waals surface area contributed by atoms with E-state index in [4.69, 9.17) is 0 Å². The largest absolute Gasteiger partial charge is 0.338 e. The normalized spacial score (nSPS) is 9.83. The van der Waals surface area contributed by atoms with E-state index in [2.05, 4.69) is 21.3 Å². The Kier molecular flexibility index (Phi) is 2.91. The van der Waals surface area contributed by atoms with Crippen LogP contribution in [0, 0.1) is 13.1 Å². The van der Waals surface area contributed by atoms with Gasteiger partial charge in [0.15, 0.2) is 0 Å². The first-order chi connectivity index (χ1) is 5.27. The van der Waals surface area contributed by atoms with Crippen LogP contribution in [-0.4, -0.2) is 19.7 Å². The number of hydrogen-bond donors (Lipinski definition) is 0. The molecule has 59 valence electrons.